The molecule has 2 aliphatic rings. The van der Waals surface area contributed by atoms with Crippen LogP contribution < -0.4 is 10.6 Å². The number of aliphatic imine (C=N–C) groups is 1. The summed E-state index contributed by atoms with van der Waals surface area (Å²) in [5, 5.41) is 6.74. The summed E-state index contributed by atoms with van der Waals surface area (Å²) in [6.45, 7) is 12.3. The summed E-state index contributed by atoms with van der Waals surface area (Å²) in [4.78, 5) is 20.7. The SMILES string of the molecule is CCNC(=NCCCN1CCCC1=O)NCCN1CCCC(C)C1. The van der Waals surface area contributed by atoms with Crippen LogP contribution in [0.25, 0.3) is 0 Å². The van der Waals surface area contributed by atoms with Crippen LogP contribution in [0, 0.1) is 5.92 Å². The molecule has 1 unspecified atom stereocenters. The van der Waals surface area contributed by atoms with Gasteiger partial charge in [-0.25, -0.2) is 0 Å². The Morgan fingerprint density at radius 3 is 2.83 bits per heavy atom. The van der Waals surface area contributed by atoms with Crippen molar-refractivity contribution in [3.05, 3.63) is 0 Å². The first-order chi connectivity index (χ1) is 11.7. The van der Waals surface area contributed by atoms with Crippen LogP contribution in [0.3, 0.4) is 0 Å². The van der Waals surface area contributed by atoms with E-state index in [1.165, 1.54) is 25.9 Å². The highest BCUT2D eigenvalue weighted by Crippen LogP contribution is 2.14. The average molecular weight is 338 g/mol. The maximum Gasteiger partial charge on any atom is 0.222 e. The Morgan fingerprint density at radius 2 is 2.12 bits per heavy atom. The van der Waals surface area contributed by atoms with E-state index < -0.39 is 0 Å². The molecule has 2 saturated heterocycles. The van der Waals surface area contributed by atoms with Crippen molar-refractivity contribution >= 4 is 11.9 Å². The standard InChI is InChI=1S/C18H35N5O/c1-3-19-18(20-9-6-13-23-12-5-8-17(23)24)21-10-14-22-11-4-7-16(2)15-22/h16H,3-15H2,1-2H3,(H2,19,20,21). The number of likely N-dealkylation sites (tertiary alicyclic amines) is 2. The minimum absolute atomic E-state index is 0.305. The first kappa shape index (κ1) is 19.0. The summed E-state index contributed by atoms with van der Waals surface area (Å²) in [5.74, 6) is 2.03. The van der Waals surface area contributed by atoms with Gasteiger partial charge in [0.2, 0.25) is 5.91 Å². The molecule has 0 spiro atoms. The number of carbonyl (C=O) groups excluding carboxylic acids is 1. The third kappa shape index (κ3) is 6.67. The Bertz CT molecular complexity index is 412. The number of guanidine groups is 1. The van der Waals surface area contributed by atoms with Gasteiger partial charge in [0, 0.05) is 52.2 Å². The lowest BCUT2D eigenvalue weighted by molar-refractivity contribution is -0.127. The lowest BCUT2D eigenvalue weighted by atomic mass is 10.0. The molecule has 2 heterocycles. The molecular formula is C18H35N5O. The van der Waals surface area contributed by atoms with Gasteiger partial charge in [-0.1, -0.05) is 6.92 Å². The fraction of sp³-hybridized carbons (Fsp3) is 0.889. The molecule has 0 aliphatic carbocycles. The second-order valence-corrected chi connectivity index (χ2v) is 7.07. The van der Waals surface area contributed by atoms with E-state index in [0.717, 1.165) is 70.4 Å². The Balaban J connectivity index is 1.63. The van der Waals surface area contributed by atoms with E-state index in [1.54, 1.807) is 0 Å². The molecule has 6 heteroatoms. The molecule has 0 aromatic heterocycles. The van der Waals surface area contributed by atoms with Crippen molar-refractivity contribution in [1.82, 2.24) is 20.4 Å². The van der Waals surface area contributed by atoms with E-state index in [2.05, 4.69) is 34.4 Å². The van der Waals surface area contributed by atoms with Crippen molar-refractivity contribution in [3.8, 4) is 0 Å². The van der Waals surface area contributed by atoms with Gasteiger partial charge in [0.15, 0.2) is 5.96 Å². The highest BCUT2D eigenvalue weighted by molar-refractivity contribution is 5.79. The highest BCUT2D eigenvalue weighted by Gasteiger charge is 2.19. The summed E-state index contributed by atoms with van der Waals surface area (Å²) in [6, 6.07) is 0. The zero-order valence-corrected chi connectivity index (χ0v) is 15.5. The molecule has 2 rings (SSSR count). The molecule has 1 atom stereocenters. The minimum atomic E-state index is 0.305. The van der Waals surface area contributed by atoms with Crippen LogP contribution in [-0.4, -0.2) is 74.0 Å². The largest absolute Gasteiger partial charge is 0.357 e. The number of hydrogen-bond acceptors (Lipinski definition) is 3. The van der Waals surface area contributed by atoms with Gasteiger partial charge < -0.3 is 20.4 Å². The molecule has 2 fully saturated rings. The van der Waals surface area contributed by atoms with Crippen molar-refractivity contribution in [2.75, 3.05) is 52.4 Å². The number of carbonyl (C=O) groups is 1. The summed E-state index contributed by atoms with van der Waals surface area (Å²) >= 11 is 0. The third-order valence-corrected chi connectivity index (χ3v) is 4.83. The zero-order valence-electron chi connectivity index (χ0n) is 15.5. The molecule has 2 N–H and O–H groups in total. The number of nitrogens with one attached hydrogen (secondary N) is 2. The van der Waals surface area contributed by atoms with Gasteiger partial charge in [0.05, 0.1) is 0 Å². The number of nitrogens with zero attached hydrogens (tertiary/aromatic N) is 3. The van der Waals surface area contributed by atoms with Gasteiger partial charge >= 0.3 is 0 Å². The van der Waals surface area contributed by atoms with Gasteiger partial charge in [-0.3, -0.25) is 9.79 Å². The van der Waals surface area contributed by atoms with Gasteiger partial charge in [-0.15, -0.1) is 0 Å². The third-order valence-electron chi connectivity index (χ3n) is 4.83. The lowest BCUT2D eigenvalue weighted by Crippen LogP contribution is -2.43. The summed E-state index contributed by atoms with van der Waals surface area (Å²) in [6.07, 6.45) is 5.37. The fourth-order valence-electron chi connectivity index (χ4n) is 3.56. The molecule has 0 radical (unpaired) electrons. The first-order valence-corrected chi connectivity index (χ1v) is 9.71. The van der Waals surface area contributed by atoms with E-state index in [1.807, 2.05) is 4.90 Å². The van der Waals surface area contributed by atoms with Crippen molar-refractivity contribution in [1.29, 1.82) is 0 Å². The molecule has 6 nitrogen and oxygen atoms in total. The first-order valence-electron chi connectivity index (χ1n) is 9.71. The van der Waals surface area contributed by atoms with Crippen molar-refractivity contribution in [2.24, 2.45) is 10.9 Å². The van der Waals surface area contributed by atoms with Crippen LogP contribution in [0.2, 0.25) is 0 Å². The Kier molecular flexibility index (Phi) is 8.36. The second-order valence-electron chi connectivity index (χ2n) is 7.07. The maximum absolute atomic E-state index is 11.6. The molecular weight excluding hydrogens is 302 g/mol. The number of amides is 1. The van der Waals surface area contributed by atoms with Crippen molar-refractivity contribution < 1.29 is 4.79 Å². The molecule has 1 amide bonds. The van der Waals surface area contributed by atoms with Crippen LogP contribution in [0.4, 0.5) is 0 Å². The molecule has 0 aromatic rings. The highest BCUT2D eigenvalue weighted by atomic mass is 16.2. The topological polar surface area (TPSA) is 60.0 Å². The summed E-state index contributed by atoms with van der Waals surface area (Å²) in [5.41, 5.74) is 0. The average Bonchev–Trinajstić information content (AvgIpc) is 2.97. The zero-order chi connectivity index (χ0) is 17.2. The quantitative estimate of drug-likeness (QED) is 0.398. The Labute approximate surface area is 147 Å². The van der Waals surface area contributed by atoms with Gasteiger partial charge in [-0.2, -0.15) is 0 Å². The fourth-order valence-corrected chi connectivity index (χ4v) is 3.56. The molecule has 138 valence electrons. The smallest absolute Gasteiger partial charge is 0.222 e. The molecule has 0 aromatic carbocycles. The van der Waals surface area contributed by atoms with Gasteiger partial charge in [0.1, 0.15) is 0 Å². The van der Waals surface area contributed by atoms with Crippen molar-refractivity contribution in [3.63, 3.8) is 0 Å². The van der Waals surface area contributed by atoms with E-state index in [4.69, 9.17) is 0 Å². The predicted octanol–water partition coefficient (Wildman–Crippen LogP) is 1.29. The number of hydrogen-bond donors (Lipinski definition) is 2. The van der Waals surface area contributed by atoms with Crippen LogP contribution in [0.15, 0.2) is 4.99 Å². The molecule has 2 aliphatic heterocycles. The van der Waals surface area contributed by atoms with E-state index in [-0.39, 0.29) is 0 Å². The normalized spacial score (nSPS) is 22.9. The van der Waals surface area contributed by atoms with Crippen LogP contribution in [-0.2, 0) is 4.79 Å². The number of rotatable bonds is 8. The second kappa shape index (κ2) is 10.5. The van der Waals surface area contributed by atoms with Gasteiger partial charge in [0.25, 0.3) is 0 Å². The van der Waals surface area contributed by atoms with Crippen LogP contribution in [0.1, 0.15) is 46.0 Å². The van der Waals surface area contributed by atoms with E-state index >= 15 is 0 Å². The minimum Gasteiger partial charge on any atom is -0.357 e. The molecule has 24 heavy (non-hydrogen) atoms. The lowest BCUT2D eigenvalue weighted by Gasteiger charge is -2.30. The van der Waals surface area contributed by atoms with E-state index in [0.29, 0.717) is 5.91 Å². The Morgan fingerprint density at radius 1 is 1.25 bits per heavy atom. The maximum atomic E-state index is 11.6. The van der Waals surface area contributed by atoms with Crippen LogP contribution in [0.5, 0.6) is 0 Å². The predicted molar refractivity (Wildman–Crippen MR) is 99.3 cm³/mol. The van der Waals surface area contributed by atoms with E-state index in [9.17, 15) is 4.79 Å². The summed E-state index contributed by atoms with van der Waals surface area (Å²) < 4.78 is 0. The van der Waals surface area contributed by atoms with Crippen molar-refractivity contribution in [2.45, 2.75) is 46.0 Å². The molecule has 0 saturated carbocycles. The van der Waals surface area contributed by atoms with Crippen LogP contribution >= 0.6 is 0 Å². The number of piperidine rings is 1. The summed E-state index contributed by atoms with van der Waals surface area (Å²) in [7, 11) is 0. The monoisotopic (exact) mass is 337 g/mol. The van der Waals surface area contributed by atoms with Gasteiger partial charge in [-0.05, 0) is 45.1 Å². The molecule has 0 bridgehead atoms. The Hall–Kier alpha value is -1.30.